The van der Waals surface area contributed by atoms with Gasteiger partial charge in [0.05, 0.1) is 12.6 Å². The topological polar surface area (TPSA) is 50.1 Å². The maximum atomic E-state index is 9.56. The second-order valence-electron chi connectivity index (χ2n) is 4.77. The van der Waals surface area contributed by atoms with Crippen LogP contribution in [0.4, 0.5) is 0 Å². The summed E-state index contributed by atoms with van der Waals surface area (Å²) < 4.78 is 2.03. The Morgan fingerprint density at radius 1 is 1.56 bits per heavy atom. The third-order valence-corrected chi connectivity index (χ3v) is 3.39. The number of hydrogen-bond donors (Lipinski definition) is 2. The van der Waals surface area contributed by atoms with E-state index in [4.69, 9.17) is 0 Å². The number of aliphatic hydroxyl groups excluding tert-OH is 1. The summed E-state index contributed by atoms with van der Waals surface area (Å²) in [5, 5.41) is 13.0. The Morgan fingerprint density at radius 3 is 3.12 bits per heavy atom. The van der Waals surface area contributed by atoms with Crippen molar-refractivity contribution in [1.29, 1.82) is 0 Å². The van der Waals surface area contributed by atoms with Gasteiger partial charge >= 0.3 is 0 Å². The van der Waals surface area contributed by atoms with E-state index in [0.717, 1.165) is 38.2 Å². The van der Waals surface area contributed by atoms with Gasteiger partial charge in [0.25, 0.3) is 0 Å². The Bertz CT molecular complexity index is 324. The molecule has 0 amide bonds. The van der Waals surface area contributed by atoms with Gasteiger partial charge in [-0.1, -0.05) is 6.42 Å². The first-order valence-electron chi connectivity index (χ1n) is 6.10. The Balaban J connectivity index is 1.70. The summed E-state index contributed by atoms with van der Waals surface area (Å²) in [5.74, 6) is 1.69. The third-order valence-electron chi connectivity index (χ3n) is 3.39. The van der Waals surface area contributed by atoms with Crippen LogP contribution in [-0.2, 0) is 13.6 Å². The van der Waals surface area contributed by atoms with E-state index >= 15 is 0 Å². The number of nitrogens with zero attached hydrogens (tertiary/aromatic N) is 2. The number of imidazole rings is 1. The molecule has 0 radical (unpaired) electrons. The summed E-state index contributed by atoms with van der Waals surface area (Å²) in [6.45, 7) is 1.81. The Labute approximate surface area is 96.7 Å². The molecule has 2 atom stereocenters. The number of hydrogen-bond acceptors (Lipinski definition) is 3. The van der Waals surface area contributed by atoms with Crippen LogP contribution in [0.3, 0.4) is 0 Å². The lowest BCUT2D eigenvalue weighted by atomic mass is 9.87. The van der Waals surface area contributed by atoms with Gasteiger partial charge in [-0.3, -0.25) is 0 Å². The zero-order valence-electron chi connectivity index (χ0n) is 9.89. The number of aliphatic hydroxyl groups is 1. The minimum Gasteiger partial charge on any atom is -0.393 e. The quantitative estimate of drug-likeness (QED) is 0.802. The Morgan fingerprint density at radius 2 is 2.44 bits per heavy atom. The fourth-order valence-corrected chi connectivity index (χ4v) is 2.40. The molecule has 0 saturated heterocycles. The van der Waals surface area contributed by atoms with Crippen LogP contribution in [0.5, 0.6) is 0 Å². The first kappa shape index (κ1) is 11.6. The standard InChI is InChI=1S/C12H21N3O/c1-15-6-5-14-12(15)9-13-8-10-3-2-4-11(16)7-10/h5-6,10-11,13,16H,2-4,7-9H2,1H3. The molecule has 2 N–H and O–H groups in total. The fourth-order valence-electron chi connectivity index (χ4n) is 2.40. The molecule has 1 fully saturated rings. The second kappa shape index (κ2) is 5.46. The first-order valence-corrected chi connectivity index (χ1v) is 6.10. The van der Waals surface area contributed by atoms with E-state index in [2.05, 4.69) is 10.3 Å². The molecular formula is C12H21N3O. The molecule has 4 nitrogen and oxygen atoms in total. The predicted octanol–water partition coefficient (Wildman–Crippen LogP) is 1.06. The fraction of sp³-hybridized carbons (Fsp3) is 0.750. The number of nitrogens with one attached hydrogen (secondary N) is 1. The summed E-state index contributed by atoms with van der Waals surface area (Å²) in [6, 6.07) is 0. The van der Waals surface area contributed by atoms with Crippen molar-refractivity contribution in [1.82, 2.24) is 14.9 Å². The van der Waals surface area contributed by atoms with E-state index in [1.165, 1.54) is 6.42 Å². The van der Waals surface area contributed by atoms with Gasteiger partial charge in [0.2, 0.25) is 0 Å². The number of rotatable bonds is 4. The number of aryl methyl sites for hydroxylation is 1. The van der Waals surface area contributed by atoms with Crippen LogP contribution in [0.15, 0.2) is 12.4 Å². The molecule has 2 unspecified atom stereocenters. The van der Waals surface area contributed by atoms with Gasteiger partial charge in [-0.2, -0.15) is 0 Å². The van der Waals surface area contributed by atoms with Gasteiger partial charge in [-0.15, -0.1) is 0 Å². The van der Waals surface area contributed by atoms with Crippen LogP contribution in [-0.4, -0.2) is 27.3 Å². The maximum absolute atomic E-state index is 9.56. The molecule has 0 bridgehead atoms. The molecule has 0 spiro atoms. The highest BCUT2D eigenvalue weighted by Crippen LogP contribution is 2.23. The number of aromatic nitrogens is 2. The minimum atomic E-state index is -0.0753. The van der Waals surface area contributed by atoms with Crippen LogP contribution in [0.2, 0.25) is 0 Å². The normalized spacial score (nSPS) is 25.9. The molecule has 16 heavy (non-hydrogen) atoms. The molecule has 0 aromatic carbocycles. The summed E-state index contributed by atoms with van der Waals surface area (Å²) in [4.78, 5) is 4.26. The van der Waals surface area contributed by atoms with Crippen molar-refractivity contribution in [3.63, 3.8) is 0 Å². The van der Waals surface area contributed by atoms with Gasteiger partial charge in [-0.05, 0) is 31.7 Å². The molecule has 2 rings (SSSR count). The van der Waals surface area contributed by atoms with Gasteiger partial charge in [0.1, 0.15) is 5.82 Å². The summed E-state index contributed by atoms with van der Waals surface area (Å²) in [5.41, 5.74) is 0. The highest BCUT2D eigenvalue weighted by molar-refractivity contribution is 4.90. The summed E-state index contributed by atoms with van der Waals surface area (Å²) in [7, 11) is 2.01. The summed E-state index contributed by atoms with van der Waals surface area (Å²) >= 11 is 0. The largest absolute Gasteiger partial charge is 0.393 e. The second-order valence-corrected chi connectivity index (χ2v) is 4.77. The van der Waals surface area contributed by atoms with Crippen molar-refractivity contribution in [3.05, 3.63) is 18.2 Å². The van der Waals surface area contributed by atoms with Crippen LogP contribution in [0.1, 0.15) is 31.5 Å². The van der Waals surface area contributed by atoms with E-state index < -0.39 is 0 Å². The van der Waals surface area contributed by atoms with Crippen molar-refractivity contribution in [3.8, 4) is 0 Å². The van der Waals surface area contributed by atoms with Gasteiger partial charge in [0.15, 0.2) is 0 Å². The van der Waals surface area contributed by atoms with Crippen molar-refractivity contribution < 1.29 is 5.11 Å². The predicted molar refractivity (Wildman–Crippen MR) is 62.9 cm³/mol. The zero-order valence-corrected chi connectivity index (χ0v) is 9.89. The van der Waals surface area contributed by atoms with Gasteiger partial charge < -0.3 is 15.0 Å². The molecule has 1 aliphatic carbocycles. The Hall–Kier alpha value is -0.870. The average molecular weight is 223 g/mol. The third kappa shape index (κ3) is 3.06. The lowest BCUT2D eigenvalue weighted by Gasteiger charge is -2.25. The highest BCUT2D eigenvalue weighted by Gasteiger charge is 2.19. The molecule has 1 aromatic heterocycles. The van der Waals surface area contributed by atoms with E-state index in [-0.39, 0.29) is 6.10 Å². The smallest absolute Gasteiger partial charge is 0.122 e. The van der Waals surface area contributed by atoms with Crippen molar-refractivity contribution in [2.75, 3.05) is 6.54 Å². The van der Waals surface area contributed by atoms with E-state index in [1.807, 2.05) is 24.0 Å². The molecule has 1 aliphatic rings. The lowest BCUT2D eigenvalue weighted by Crippen LogP contribution is -2.29. The van der Waals surface area contributed by atoms with Crippen molar-refractivity contribution in [2.24, 2.45) is 13.0 Å². The van der Waals surface area contributed by atoms with Crippen LogP contribution in [0, 0.1) is 5.92 Å². The van der Waals surface area contributed by atoms with E-state index in [9.17, 15) is 5.11 Å². The lowest BCUT2D eigenvalue weighted by molar-refractivity contribution is 0.100. The maximum Gasteiger partial charge on any atom is 0.122 e. The Kier molecular flexibility index (Phi) is 3.96. The van der Waals surface area contributed by atoms with E-state index in [0.29, 0.717) is 5.92 Å². The van der Waals surface area contributed by atoms with Gasteiger partial charge in [-0.25, -0.2) is 4.98 Å². The molecule has 1 heterocycles. The first-order chi connectivity index (χ1) is 7.75. The van der Waals surface area contributed by atoms with Crippen molar-refractivity contribution in [2.45, 2.75) is 38.3 Å². The minimum absolute atomic E-state index is 0.0753. The SMILES string of the molecule is Cn1ccnc1CNCC1CCCC(O)C1. The van der Waals surface area contributed by atoms with Crippen LogP contribution in [0.25, 0.3) is 0 Å². The van der Waals surface area contributed by atoms with Crippen LogP contribution < -0.4 is 5.32 Å². The van der Waals surface area contributed by atoms with Gasteiger partial charge in [0, 0.05) is 19.4 Å². The highest BCUT2D eigenvalue weighted by atomic mass is 16.3. The molecule has 1 saturated carbocycles. The van der Waals surface area contributed by atoms with E-state index in [1.54, 1.807) is 0 Å². The van der Waals surface area contributed by atoms with Crippen LogP contribution >= 0.6 is 0 Å². The molecule has 1 aromatic rings. The molecule has 90 valence electrons. The van der Waals surface area contributed by atoms with Crippen molar-refractivity contribution >= 4 is 0 Å². The summed E-state index contributed by atoms with van der Waals surface area (Å²) in [6.07, 6.45) is 8.04. The molecule has 4 heteroatoms. The molecule has 0 aliphatic heterocycles. The zero-order chi connectivity index (χ0) is 11.4. The average Bonchev–Trinajstić information content (AvgIpc) is 2.65. The molecular weight excluding hydrogens is 202 g/mol. The monoisotopic (exact) mass is 223 g/mol.